The number of hydrogen-bond acceptors (Lipinski definition) is 5. The van der Waals surface area contributed by atoms with E-state index in [0.29, 0.717) is 29.0 Å². The van der Waals surface area contributed by atoms with Gasteiger partial charge in [0, 0.05) is 5.56 Å². The van der Waals surface area contributed by atoms with Gasteiger partial charge in [-0.1, -0.05) is 30.4 Å². The van der Waals surface area contributed by atoms with Crippen LogP contribution in [0.1, 0.15) is 23.1 Å². The molecule has 2 aromatic carbocycles. The van der Waals surface area contributed by atoms with Crippen LogP contribution in [-0.2, 0) is 22.6 Å². The Morgan fingerprint density at radius 2 is 1.88 bits per heavy atom. The molecule has 1 saturated carbocycles. The molecule has 2 amide bonds. The van der Waals surface area contributed by atoms with Gasteiger partial charge in [-0.2, -0.15) is 10.1 Å². The predicted molar refractivity (Wildman–Crippen MR) is 125 cm³/mol. The fourth-order valence-corrected chi connectivity index (χ4v) is 5.29. The van der Waals surface area contributed by atoms with Gasteiger partial charge in [-0.05, 0) is 60.1 Å². The van der Waals surface area contributed by atoms with Crippen molar-refractivity contribution >= 4 is 18.0 Å². The number of amides is 2. The second kappa shape index (κ2) is 8.89. The summed E-state index contributed by atoms with van der Waals surface area (Å²) in [6, 6.07) is 9.80. The summed E-state index contributed by atoms with van der Waals surface area (Å²) in [5.41, 5.74) is 2.15. The van der Waals surface area contributed by atoms with Crippen molar-refractivity contribution in [2.24, 2.45) is 28.8 Å². The summed E-state index contributed by atoms with van der Waals surface area (Å²) in [4.78, 5) is 25.7. The Labute approximate surface area is 197 Å². The largest absolute Gasteiger partial charge is 0.493 e. The van der Waals surface area contributed by atoms with Crippen molar-refractivity contribution in [3.8, 4) is 11.5 Å². The molecule has 0 radical (unpaired) electrons. The minimum absolute atomic E-state index is 0.139. The number of halogens is 1. The van der Waals surface area contributed by atoms with Crippen LogP contribution in [0.5, 0.6) is 11.5 Å². The molecule has 0 unspecified atom stereocenters. The van der Waals surface area contributed by atoms with Crippen molar-refractivity contribution in [2.45, 2.75) is 19.4 Å². The van der Waals surface area contributed by atoms with Gasteiger partial charge in [-0.25, -0.2) is 4.39 Å². The van der Waals surface area contributed by atoms with Gasteiger partial charge in [-0.3, -0.25) is 9.59 Å². The smallest absolute Gasteiger partial charge is 0.254 e. The van der Waals surface area contributed by atoms with Crippen molar-refractivity contribution in [3.63, 3.8) is 0 Å². The minimum Gasteiger partial charge on any atom is -0.493 e. The molecule has 1 saturated heterocycles. The van der Waals surface area contributed by atoms with E-state index in [0.717, 1.165) is 17.0 Å². The Morgan fingerprint density at radius 3 is 2.53 bits per heavy atom. The maximum absolute atomic E-state index is 13.5. The summed E-state index contributed by atoms with van der Waals surface area (Å²) in [6.07, 6.45) is 8.72. The highest BCUT2D eigenvalue weighted by molar-refractivity contribution is 6.06. The molecule has 2 fully saturated rings. The molecule has 1 aliphatic heterocycles. The van der Waals surface area contributed by atoms with E-state index in [9.17, 15) is 14.0 Å². The van der Waals surface area contributed by atoms with E-state index < -0.39 is 0 Å². The molecule has 1 heterocycles. The Balaban J connectivity index is 1.38. The molecular formula is C27H25FN2O4. The van der Waals surface area contributed by atoms with Crippen LogP contribution in [0.25, 0.3) is 0 Å². The Kier molecular flexibility index (Phi) is 5.77. The van der Waals surface area contributed by atoms with Crippen molar-refractivity contribution in [2.75, 3.05) is 7.11 Å². The van der Waals surface area contributed by atoms with E-state index in [1.54, 1.807) is 24.3 Å². The molecule has 3 aliphatic rings. The normalized spacial score (nSPS) is 24.8. The van der Waals surface area contributed by atoms with E-state index in [1.807, 2.05) is 6.07 Å². The fourth-order valence-electron chi connectivity index (χ4n) is 5.29. The molecule has 0 aromatic heterocycles. The monoisotopic (exact) mass is 460 g/mol. The zero-order valence-electron chi connectivity index (χ0n) is 18.8. The fraction of sp³-hybridized carbons (Fsp3) is 0.296. The second-order valence-electron chi connectivity index (χ2n) is 8.86. The average Bonchev–Trinajstić information content (AvgIpc) is 3.51. The average molecular weight is 461 g/mol. The van der Waals surface area contributed by atoms with Gasteiger partial charge < -0.3 is 9.47 Å². The van der Waals surface area contributed by atoms with Crippen LogP contribution in [0.2, 0.25) is 0 Å². The SMILES string of the molecule is C=CCc1cc(C=NN2C(=O)[C@@H]3[C@H](C2=O)[C@H]2C=C[C@H]3C2)cc(OC)c1OCc1cccc(F)c1. The van der Waals surface area contributed by atoms with Crippen LogP contribution in [0, 0.1) is 29.5 Å². The third-order valence-corrected chi connectivity index (χ3v) is 6.78. The molecule has 4 atom stereocenters. The van der Waals surface area contributed by atoms with Gasteiger partial charge in [0.1, 0.15) is 12.4 Å². The van der Waals surface area contributed by atoms with Crippen molar-refractivity contribution in [1.82, 2.24) is 5.01 Å². The summed E-state index contributed by atoms with van der Waals surface area (Å²) < 4.78 is 25.1. The van der Waals surface area contributed by atoms with Crippen LogP contribution in [0.3, 0.4) is 0 Å². The number of allylic oxidation sites excluding steroid dienone is 3. The molecule has 0 N–H and O–H groups in total. The first-order valence-corrected chi connectivity index (χ1v) is 11.3. The lowest BCUT2D eigenvalue weighted by Crippen LogP contribution is -2.28. The first-order valence-electron chi connectivity index (χ1n) is 11.3. The molecule has 5 rings (SSSR count). The van der Waals surface area contributed by atoms with Crippen molar-refractivity contribution in [1.29, 1.82) is 0 Å². The number of methoxy groups -OCH3 is 1. The standard InChI is InChI=1S/C27H25FN2O4/c1-3-5-20-10-17(12-22(33-2)25(20)34-15-16-6-4-7-21(28)11-16)14-29-30-26(31)23-18-8-9-19(13-18)24(23)27(30)32/h3-4,6-12,14,18-19,23-24H,1,5,13,15H2,2H3/t18-,19-,23-,24+/m0/s1. The first-order chi connectivity index (χ1) is 16.5. The molecule has 2 aromatic rings. The second-order valence-corrected chi connectivity index (χ2v) is 8.86. The molecule has 7 heteroatoms. The van der Waals surface area contributed by atoms with Crippen LogP contribution in [0.4, 0.5) is 4.39 Å². The third-order valence-electron chi connectivity index (χ3n) is 6.78. The number of imide groups is 1. The van der Waals surface area contributed by atoms with E-state index in [2.05, 4.69) is 23.8 Å². The Bertz CT molecular complexity index is 1190. The number of carbonyl (C=O) groups excluding carboxylic acids is 2. The van der Waals surface area contributed by atoms with E-state index >= 15 is 0 Å². The Hall–Kier alpha value is -3.74. The number of carbonyl (C=O) groups is 2. The highest BCUT2D eigenvalue weighted by atomic mass is 19.1. The Morgan fingerprint density at radius 1 is 1.15 bits per heavy atom. The lowest BCUT2D eigenvalue weighted by atomic mass is 9.85. The highest BCUT2D eigenvalue weighted by Crippen LogP contribution is 2.52. The maximum atomic E-state index is 13.5. The molecule has 0 spiro atoms. The molecular weight excluding hydrogens is 435 g/mol. The first kappa shape index (κ1) is 22.1. The number of ether oxygens (including phenoxy) is 2. The quantitative estimate of drug-likeness (QED) is 0.335. The number of fused-ring (bicyclic) bond motifs is 5. The number of nitrogens with zero attached hydrogens (tertiary/aromatic N) is 2. The summed E-state index contributed by atoms with van der Waals surface area (Å²) in [5.74, 6) is -0.0865. The molecule has 2 aliphatic carbocycles. The van der Waals surface area contributed by atoms with Gasteiger partial charge in [0.25, 0.3) is 11.8 Å². The predicted octanol–water partition coefficient (Wildman–Crippen LogP) is 4.28. The van der Waals surface area contributed by atoms with Gasteiger partial charge in [0.15, 0.2) is 11.5 Å². The summed E-state index contributed by atoms with van der Waals surface area (Å²) in [7, 11) is 1.53. The molecule has 2 bridgehead atoms. The van der Waals surface area contributed by atoms with Gasteiger partial charge >= 0.3 is 0 Å². The van der Waals surface area contributed by atoms with Crippen LogP contribution >= 0.6 is 0 Å². The number of benzene rings is 2. The lowest BCUT2D eigenvalue weighted by molar-refractivity contribution is -0.140. The van der Waals surface area contributed by atoms with E-state index in [-0.39, 0.29) is 47.9 Å². The van der Waals surface area contributed by atoms with Crippen LogP contribution in [0.15, 0.2) is 66.3 Å². The number of hydrazone groups is 1. The minimum atomic E-state index is -0.329. The zero-order chi connectivity index (χ0) is 23.8. The summed E-state index contributed by atoms with van der Waals surface area (Å²) in [6.45, 7) is 3.98. The van der Waals surface area contributed by atoms with E-state index in [4.69, 9.17) is 9.47 Å². The van der Waals surface area contributed by atoms with Gasteiger partial charge in [-0.15, -0.1) is 6.58 Å². The van der Waals surface area contributed by atoms with Gasteiger partial charge in [0.05, 0.1) is 25.2 Å². The van der Waals surface area contributed by atoms with Gasteiger partial charge in [0.2, 0.25) is 0 Å². The molecule has 6 nitrogen and oxygen atoms in total. The number of rotatable bonds is 8. The summed E-state index contributed by atoms with van der Waals surface area (Å²) in [5, 5.41) is 5.29. The maximum Gasteiger partial charge on any atom is 0.254 e. The molecule has 174 valence electrons. The molecule has 34 heavy (non-hydrogen) atoms. The van der Waals surface area contributed by atoms with Crippen LogP contribution < -0.4 is 9.47 Å². The number of hydrogen-bond donors (Lipinski definition) is 0. The van der Waals surface area contributed by atoms with E-state index in [1.165, 1.54) is 25.5 Å². The van der Waals surface area contributed by atoms with Crippen molar-refractivity contribution in [3.05, 3.63) is 83.7 Å². The summed E-state index contributed by atoms with van der Waals surface area (Å²) >= 11 is 0. The zero-order valence-corrected chi connectivity index (χ0v) is 18.8. The highest BCUT2D eigenvalue weighted by Gasteiger charge is 2.59. The third kappa shape index (κ3) is 3.81. The topological polar surface area (TPSA) is 68.2 Å². The van der Waals surface area contributed by atoms with Crippen molar-refractivity contribution < 1.29 is 23.5 Å². The lowest BCUT2D eigenvalue weighted by Gasteiger charge is -2.16. The van der Waals surface area contributed by atoms with Crippen LogP contribution in [-0.4, -0.2) is 30.1 Å².